The van der Waals surface area contributed by atoms with Crippen LogP contribution in [0.4, 0.5) is 0 Å². The van der Waals surface area contributed by atoms with Crippen LogP contribution >= 0.6 is 0 Å². The van der Waals surface area contributed by atoms with Gasteiger partial charge in [0.1, 0.15) is 22.8 Å². The summed E-state index contributed by atoms with van der Waals surface area (Å²) in [6, 6.07) is 10.5. The van der Waals surface area contributed by atoms with Crippen LogP contribution in [0.3, 0.4) is 0 Å². The summed E-state index contributed by atoms with van der Waals surface area (Å²) in [6.45, 7) is 5.62. The summed E-state index contributed by atoms with van der Waals surface area (Å²) in [5.74, 6) is 0.421. The predicted octanol–water partition coefficient (Wildman–Crippen LogP) is 2.02. The van der Waals surface area contributed by atoms with Crippen molar-refractivity contribution >= 4 is 11.8 Å². The van der Waals surface area contributed by atoms with E-state index in [-0.39, 0.29) is 36.2 Å². The fraction of sp³-hybridized carbons (Fsp3) is 0.385. The summed E-state index contributed by atoms with van der Waals surface area (Å²) in [5, 5.41) is 7.30. The molecule has 0 atom stereocenters. The van der Waals surface area contributed by atoms with Gasteiger partial charge in [0, 0.05) is 50.9 Å². The molecule has 0 radical (unpaired) electrons. The van der Waals surface area contributed by atoms with Gasteiger partial charge in [-0.3, -0.25) is 19.1 Å². The number of carbonyl (C=O) groups is 2. The number of fused-ring (bicyclic) bond motifs is 1. The van der Waals surface area contributed by atoms with Crippen molar-refractivity contribution in [2.75, 3.05) is 27.3 Å². The van der Waals surface area contributed by atoms with E-state index in [1.54, 1.807) is 27.3 Å². The molecular formula is C26H31N5O5. The van der Waals surface area contributed by atoms with Gasteiger partial charge in [-0.2, -0.15) is 5.10 Å². The maximum atomic E-state index is 13.3. The summed E-state index contributed by atoms with van der Waals surface area (Å²) in [7, 11) is 3.02. The second-order valence-corrected chi connectivity index (χ2v) is 8.59. The summed E-state index contributed by atoms with van der Waals surface area (Å²) in [4.78, 5) is 41.2. The van der Waals surface area contributed by atoms with Gasteiger partial charge in [0.05, 0.1) is 19.9 Å². The van der Waals surface area contributed by atoms with E-state index >= 15 is 0 Å². The van der Waals surface area contributed by atoms with Crippen molar-refractivity contribution in [2.45, 2.75) is 39.9 Å². The van der Waals surface area contributed by atoms with Gasteiger partial charge in [0.15, 0.2) is 0 Å². The molecule has 0 bridgehead atoms. The second-order valence-electron chi connectivity index (χ2n) is 8.59. The molecule has 1 aliphatic rings. The van der Waals surface area contributed by atoms with E-state index in [1.807, 2.05) is 38.1 Å². The predicted molar refractivity (Wildman–Crippen MR) is 134 cm³/mol. The Morgan fingerprint density at radius 1 is 1.08 bits per heavy atom. The number of hydrogen-bond acceptors (Lipinski definition) is 6. The molecule has 4 rings (SSSR count). The van der Waals surface area contributed by atoms with E-state index in [0.29, 0.717) is 48.8 Å². The lowest BCUT2D eigenvalue weighted by atomic mass is 10.1. The van der Waals surface area contributed by atoms with Crippen LogP contribution in [0, 0.1) is 6.92 Å². The minimum atomic E-state index is -0.349. The van der Waals surface area contributed by atoms with Crippen LogP contribution in [0.2, 0.25) is 0 Å². The van der Waals surface area contributed by atoms with Crippen molar-refractivity contribution < 1.29 is 19.1 Å². The minimum Gasteiger partial charge on any atom is -0.497 e. The van der Waals surface area contributed by atoms with Gasteiger partial charge in [0.2, 0.25) is 0 Å². The Morgan fingerprint density at radius 2 is 1.89 bits per heavy atom. The molecule has 190 valence electrons. The fourth-order valence-electron chi connectivity index (χ4n) is 4.53. The molecule has 3 heterocycles. The third-order valence-electron chi connectivity index (χ3n) is 6.34. The molecule has 2 amide bonds. The first-order chi connectivity index (χ1) is 17.4. The zero-order valence-corrected chi connectivity index (χ0v) is 21.0. The van der Waals surface area contributed by atoms with Crippen molar-refractivity contribution in [3.05, 3.63) is 75.0 Å². The molecule has 36 heavy (non-hydrogen) atoms. The highest BCUT2D eigenvalue weighted by Crippen LogP contribution is 2.24. The van der Waals surface area contributed by atoms with E-state index in [0.717, 1.165) is 11.3 Å². The lowest BCUT2D eigenvalue weighted by Gasteiger charge is -2.20. The van der Waals surface area contributed by atoms with Crippen LogP contribution in [0.1, 0.15) is 44.7 Å². The van der Waals surface area contributed by atoms with Gasteiger partial charge < -0.3 is 24.3 Å². The Bertz CT molecular complexity index is 1340. The van der Waals surface area contributed by atoms with E-state index in [1.165, 1.54) is 13.2 Å². The fourth-order valence-corrected chi connectivity index (χ4v) is 4.53. The lowest BCUT2D eigenvalue weighted by molar-refractivity contribution is 0.0746. The molecule has 0 aliphatic carbocycles. The summed E-state index contributed by atoms with van der Waals surface area (Å²) < 4.78 is 13.9. The normalized spacial score (nSPS) is 13.1. The highest BCUT2D eigenvalue weighted by molar-refractivity contribution is 5.98. The highest BCUT2D eigenvalue weighted by Gasteiger charge is 2.28. The number of aromatic nitrogens is 3. The van der Waals surface area contributed by atoms with Gasteiger partial charge in [0.25, 0.3) is 17.4 Å². The number of ether oxygens (including phenoxy) is 2. The van der Waals surface area contributed by atoms with Crippen LogP contribution in [0.25, 0.3) is 0 Å². The van der Waals surface area contributed by atoms with E-state index in [4.69, 9.17) is 9.47 Å². The van der Waals surface area contributed by atoms with Gasteiger partial charge in [-0.25, -0.2) is 0 Å². The molecule has 1 aliphatic heterocycles. The van der Waals surface area contributed by atoms with Crippen LogP contribution in [0.15, 0.2) is 41.2 Å². The first kappa shape index (κ1) is 25.0. The molecule has 3 aromatic rings. The van der Waals surface area contributed by atoms with E-state index in [2.05, 4.69) is 10.4 Å². The molecule has 0 saturated carbocycles. The molecule has 0 unspecified atom stereocenters. The van der Waals surface area contributed by atoms with Crippen LogP contribution in [0.5, 0.6) is 11.5 Å². The smallest absolute Gasteiger partial charge is 0.272 e. The van der Waals surface area contributed by atoms with Crippen LogP contribution < -0.4 is 20.3 Å². The second kappa shape index (κ2) is 10.7. The average Bonchev–Trinajstić information content (AvgIpc) is 3.13. The van der Waals surface area contributed by atoms with Crippen molar-refractivity contribution in [3.8, 4) is 11.5 Å². The monoisotopic (exact) mass is 493 g/mol. The molecule has 10 nitrogen and oxygen atoms in total. The summed E-state index contributed by atoms with van der Waals surface area (Å²) in [6.07, 6.45) is 0.333. The topological polar surface area (TPSA) is 108 Å². The zero-order valence-electron chi connectivity index (χ0n) is 21.0. The number of rotatable bonds is 7. The number of hydrogen-bond donors (Lipinski definition) is 1. The summed E-state index contributed by atoms with van der Waals surface area (Å²) in [5.41, 5.74) is 2.76. The van der Waals surface area contributed by atoms with E-state index in [9.17, 15) is 14.4 Å². The minimum absolute atomic E-state index is 0.144. The van der Waals surface area contributed by atoms with Gasteiger partial charge in [-0.15, -0.1) is 0 Å². The number of nitrogens with zero attached hydrogens (tertiary/aromatic N) is 4. The molecular weight excluding hydrogens is 462 g/mol. The van der Waals surface area contributed by atoms with Crippen molar-refractivity contribution in [1.82, 2.24) is 24.6 Å². The summed E-state index contributed by atoms with van der Waals surface area (Å²) >= 11 is 0. The number of carbonyl (C=O) groups excluding carboxylic acids is 2. The Morgan fingerprint density at radius 3 is 2.61 bits per heavy atom. The Balaban J connectivity index is 1.60. The molecule has 0 saturated heterocycles. The first-order valence-corrected chi connectivity index (χ1v) is 11.9. The SMILES string of the molecule is CCn1nc(C)cc1C(=O)N1CCc2c(C(=O)NCc3cccc(OC)c3)c(OC)cc(=O)n2CC1. The number of pyridine rings is 1. The van der Waals surface area contributed by atoms with Crippen molar-refractivity contribution in [1.29, 1.82) is 0 Å². The Labute approximate surface area is 209 Å². The first-order valence-electron chi connectivity index (χ1n) is 11.9. The number of benzene rings is 1. The maximum Gasteiger partial charge on any atom is 0.272 e. The largest absolute Gasteiger partial charge is 0.497 e. The Kier molecular flexibility index (Phi) is 7.42. The zero-order chi connectivity index (χ0) is 25.8. The maximum absolute atomic E-state index is 13.3. The molecule has 2 aromatic heterocycles. The lowest BCUT2D eigenvalue weighted by Crippen LogP contribution is -2.35. The van der Waals surface area contributed by atoms with Crippen LogP contribution in [-0.2, 0) is 26.1 Å². The Hall–Kier alpha value is -4.08. The number of methoxy groups -OCH3 is 2. The molecule has 0 spiro atoms. The molecule has 10 heteroatoms. The number of nitrogens with one attached hydrogen (secondary N) is 1. The van der Waals surface area contributed by atoms with Crippen LogP contribution in [-0.4, -0.2) is 58.4 Å². The quantitative estimate of drug-likeness (QED) is 0.540. The molecule has 0 fully saturated rings. The van der Waals surface area contributed by atoms with Gasteiger partial charge >= 0.3 is 0 Å². The van der Waals surface area contributed by atoms with Gasteiger partial charge in [-0.05, 0) is 37.6 Å². The number of aryl methyl sites for hydroxylation is 2. The molecule has 1 aromatic carbocycles. The number of amides is 2. The van der Waals surface area contributed by atoms with E-state index < -0.39 is 0 Å². The van der Waals surface area contributed by atoms with Crippen molar-refractivity contribution in [3.63, 3.8) is 0 Å². The third-order valence-corrected chi connectivity index (χ3v) is 6.34. The average molecular weight is 494 g/mol. The van der Waals surface area contributed by atoms with Crippen molar-refractivity contribution in [2.24, 2.45) is 0 Å². The molecule has 1 N–H and O–H groups in total. The highest BCUT2D eigenvalue weighted by atomic mass is 16.5. The standard InChI is InChI=1S/C26H31N5O5/c1-5-31-21(13-17(2)28-31)26(34)29-10-9-20-24(22(36-4)15-23(32)30(20)12-11-29)25(33)27-16-18-7-6-8-19(14-18)35-3/h6-8,13-15H,5,9-12,16H2,1-4H3,(H,27,33). The van der Waals surface area contributed by atoms with Gasteiger partial charge in [-0.1, -0.05) is 12.1 Å². The third kappa shape index (κ3) is 4.98.